The number of hydrogen-bond acceptors (Lipinski definition) is 3. The molecule has 1 fully saturated rings. The zero-order chi connectivity index (χ0) is 19.7. The molecule has 1 aliphatic heterocycles. The van der Waals surface area contributed by atoms with Crippen LogP contribution in [0.1, 0.15) is 75.2 Å². The molecule has 23 heavy (non-hydrogen) atoms. The molecule has 0 saturated carbocycles. The van der Waals surface area contributed by atoms with Gasteiger partial charge in [-0.2, -0.15) is 0 Å². The first-order chi connectivity index (χ1) is 10.9. The summed E-state index contributed by atoms with van der Waals surface area (Å²) < 4.78 is 4.94. The zero-order valence-electron chi connectivity index (χ0n) is 18.4. The normalized spacial score (nSPS) is 10.9. The van der Waals surface area contributed by atoms with Crippen LogP contribution in [0.2, 0.25) is 0 Å². The molecule has 0 unspecified atom stereocenters. The Morgan fingerprint density at radius 1 is 0.957 bits per heavy atom. The van der Waals surface area contributed by atoms with E-state index in [4.69, 9.17) is 4.74 Å². The van der Waals surface area contributed by atoms with Gasteiger partial charge in [-0.15, -0.1) is 0 Å². The highest BCUT2D eigenvalue weighted by Crippen LogP contribution is 1.98. The lowest BCUT2D eigenvalue weighted by Gasteiger charge is -2.02. The Labute approximate surface area is 148 Å². The quantitative estimate of drug-likeness (QED) is 0.785. The van der Waals surface area contributed by atoms with Crippen molar-refractivity contribution in [3.05, 3.63) is 0 Å². The third-order valence-electron chi connectivity index (χ3n) is 1.70. The average Bonchev–Trinajstić information content (AvgIpc) is 3.12. The predicted molar refractivity (Wildman–Crippen MR) is 107 cm³/mol. The molecular formula is C19H48N2O2. The van der Waals surface area contributed by atoms with Crippen LogP contribution in [-0.2, 0) is 9.53 Å². The van der Waals surface area contributed by atoms with E-state index in [1.807, 2.05) is 88.4 Å². The molecule has 1 aliphatic rings. The van der Waals surface area contributed by atoms with Gasteiger partial charge in [-0.1, -0.05) is 55.4 Å². The summed E-state index contributed by atoms with van der Waals surface area (Å²) in [5.74, 6) is 0.252. The Kier molecular flexibility index (Phi) is 55.3. The molecule has 1 N–H and O–H groups in total. The van der Waals surface area contributed by atoms with E-state index in [-0.39, 0.29) is 11.8 Å². The second-order valence-corrected chi connectivity index (χ2v) is 4.71. The highest BCUT2D eigenvalue weighted by Gasteiger charge is 2.02. The van der Waals surface area contributed by atoms with E-state index in [0.29, 0.717) is 0 Å². The number of nitrogens with zero attached hydrogens (tertiary/aromatic N) is 1. The number of hydrogen-bond donors (Lipinski definition) is 1. The minimum absolute atomic E-state index is 0.120. The van der Waals surface area contributed by atoms with Gasteiger partial charge in [-0.25, -0.2) is 0 Å². The van der Waals surface area contributed by atoms with Crippen molar-refractivity contribution in [2.75, 3.05) is 40.9 Å². The largest absolute Gasteiger partial charge is 0.381 e. The Morgan fingerprint density at radius 3 is 1.35 bits per heavy atom. The highest BCUT2D eigenvalue weighted by atomic mass is 16.5. The van der Waals surface area contributed by atoms with Crippen molar-refractivity contribution in [3.8, 4) is 0 Å². The van der Waals surface area contributed by atoms with Crippen molar-refractivity contribution in [1.29, 1.82) is 0 Å². The lowest BCUT2D eigenvalue weighted by atomic mass is 10.2. The van der Waals surface area contributed by atoms with Crippen LogP contribution in [0.25, 0.3) is 0 Å². The van der Waals surface area contributed by atoms with Crippen LogP contribution >= 0.6 is 0 Å². The number of carbonyl (C=O) groups is 1. The molecule has 1 amide bonds. The van der Waals surface area contributed by atoms with Crippen LogP contribution in [-0.4, -0.2) is 51.7 Å². The van der Waals surface area contributed by atoms with Crippen LogP contribution in [0.3, 0.4) is 0 Å². The minimum atomic E-state index is 0.120. The van der Waals surface area contributed by atoms with Crippen molar-refractivity contribution in [1.82, 2.24) is 10.2 Å². The molecule has 146 valence electrons. The second-order valence-electron chi connectivity index (χ2n) is 4.71. The Hall–Kier alpha value is -0.610. The molecule has 4 nitrogen and oxygen atoms in total. The Balaban J connectivity index is -0.0000000627. The van der Waals surface area contributed by atoms with E-state index in [2.05, 4.69) is 5.32 Å². The summed E-state index contributed by atoms with van der Waals surface area (Å²) in [6.45, 7) is 20.4. The average molecular weight is 337 g/mol. The highest BCUT2D eigenvalue weighted by molar-refractivity contribution is 5.77. The van der Waals surface area contributed by atoms with Gasteiger partial charge in [0.2, 0.25) is 5.91 Å². The Bertz CT molecular complexity index is 158. The van der Waals surface area contributed by atoms with Gasteiger partial charge in [0.25, 0.3) is 0 Å². The van der Waals surface area contributed by atoms with Crippen LogP contribution in [0, 0.1) is 5.92 Å². The maximum Gasteiger partial charge on any atom is 0.222 e. The van der Waals surface area contributed by atoms with Crippen molar-refractivity contribution in [3.63, 3.8) is 0 Å². The molecule has 0 aromatic heterocycles. The van der Waals surface area contributed by atoms with Gasteiger partial charge in [0.15, 0.2) is 0 Å². The van der Waals surface area contributed by atoms with Crippen molar-refractivity contribution in [2.45, 2.75) is 75.2 Å². The van der Waals surface area contributed by atoms with Crippen molar-refractivity contribution >= 4 is 5.91 Å². The maximum atomic E-state index is 10.6. The second kappa shape index (κ2) is 37.5. The maximum absolute atomic E-state index is 10.6. The fourth-order valence-corrected chi connectivity index (χ4v) is 0.889. The van der Waals surface area contributed by atoms with E-state index in [0.717, 1.165) is 19.8 Å². The van der Waals surface area contributed by atoms with Crippen molar-refractivity contribution < 1.29 is 9.53 Å². The summed E-state index contributed by atoms with van der Waals surface area (Å²) in [6.07, 6.45) is 2.56. The number of nitrogens with one attached hydrogen (secondary N) is 1. The van der Waals surface area contributed by atoms with Gasteiger partial charge in [-0.05, 0) is 40.9 Å². The van der Waals surface area contributed by atoms with E-state index < -0.39 is 0 Å². The summed E-state index contributed by atoms with van der Waals surface area (Å²) in [5, 5.41) is 2.71. The molecule has 0 radical (unpaired) electrons. The first-order valence-electron chi connectivity index (χ1n) is 9.38. The minimum Gasteiger partial charge on any atom is -0.381 e. The summed E-state index contributed by atoms with van der Waals surface area (Å²) in [7, 11) is 6.00. The molecule has 0 aromatic rings. The molecule has 0 aliphatic carbocycles. The Morgan fingerprint density at radius 2 is 1.26 bits per heavy atom. The van der Waals surface area contributed by atoms with Gasteiger partial charge in [0.1, 0.15) is 0 Å². The third kappa shape index (κ3) is 62.0. The van der Waals surface area contributed by atoms with Crippen LogP contribution < -0.4 is 5.32 Å². The zero-order valence-corrected chi connectivity index (χ0v) is 18.4. The van der Waals surface area contributed by atoms with E-state index in [1.54, 1.807) is 0 Å². The lowest BCUT2D eigenvalue weighted by molar-refractivity contribution is -0.123. The van der Waals surface area contributed by atoms with E-state index in [1.165, 1.54) is 12.8 Å². The number of amides is 1. The monoisotopic (exact) mass is 336 g/mol. The predicted octanol–water partition coefficient (Wildman–Crippen LogP) is 4.83. The SMILES string of the molecule is C1CCOC1.CC.CC.CC.CCNC(=O)C(C)C.CN(C)C. The van der Waals surface area contributed by atoms with Gasteiger partial charge in [0, 0.05) is 25.7 Å². The fraction of sp³-hybridized carbons (Fsp3) is 0.947. The third-order valence-corrected chi connectivity index (χ3v) is 1.70. The van der Waals surface area contributed by atoms with Crippen LogP contribution in [0.4, 0.5) is 0 Å². The number of rotatable bonds is 2. The molecule has 0 atom stereocenters. The van der Waals surface area contributed by atoms with Crippen LogP contribution in [0.5, 0.6) is 0 Å². The summed E-state index contributed by atoms with van der Waals surface area (Å²) >= 11 is 0. The number of ether oxygens (including phenoxy) is 1. The summed E-state index contributed by atoms with van der Waals surface area (Å²) in [5.41, 5.74) is 0. The molecule has 0 bridgehead atoms. The summed E-state index contributed by atoms with van der Waals surface area (Å²) in [4.78, 5) is 12.6. The van der Waals surface area contributed by atoms with Gasteiger partial charge in [-0.3, -0.25) is 4.79 Å². The fourth-order valence-electron chi connectivity index (χ4n) is 0.889. The lowest BCUT2D eigenvalue weighted by Crippen LogP contribution is -2.26. The standard InChI is InChI=1S/C6H13NO.C4H8O.C3H9N.3C2H6/c1-4-7-6(8)5(2)3;1-2-4-5-3-1;1-4(2)3;3*1-2/h5H,4H2,1-3H3,(H,7,8);1-4H2;1-3H3;3*1-2H3. The molecular weight excluding hydrogens is 288 g/mol. The first-order valence-corrected chi connectivity index (χ1v) is 9.38. The first kappa shape index (κ1) is 33.9. The molecule has 1 rings (SSSR count). The van der Waals surface area contributed by atoms with E-state index in [9.17, 15) is 4.79 Å². The van der Waals surface area contributed by atoms with E-state index >= 15 is 0 Å². The topological polar surface area (TPSA) is 41.6 Å². The van der Waals surface area contributed by atoms with Crippen molar-refractivity contribution in [2.24, 2.45) is 5.92 Å². The molecule has 4 heteroatoms. The molecule has 0 aromatic carbocycles. The summed E-state index contributed by atoms with van der Waals surface area (Å²) in [6, 6.07) is 0. The van der Waals surface area contributed by atoms with Gasteiger partial charge < -0.3 is 15.0 Å². The van der Waals surface area contributed by atoms with Crippen LogP contribution in [0.15, 0.2) is 0 Å². The smallest absolute Gasteiger partial charge is 0.222 e. The molecule has 1 heterocycles. The molecule has 0 spiro atoms. The van der Waals surface area contributed by atoms with Gasteiger partial charge in [0.05, 0.1) is 0 Å². The molecule has 1 saturated heterocycles. The van der Waals surface area contributed by atoms with Gasteiger partial charge >= 0.3 is 0 Å². The number of carbonyl (C=O) groups excluding carboxylic acids is 1.